The summed E-state index contributed by atoms with van der Waals surface area (Å²) in [5.74, 6) is 0.118. The van der Waals surface area contributed by atoms with Crippen molar-refractivity contribution in [2.75, 3.05) is 0 Å². The second-order valence-corrected chi connectivity index (χ2v) is 16.5. The summed E-state index contributed by atoms with van der Waals surface area (Å²) in [6, 6.07) is 3.53. The molecular weight excluding hydrogens is 398 g/mol. The third kappa shape index (κ3) is 7.05. The van der Waals surface area contributed by atoms with Crippen molar-refractivity contribution in [2.24, 2.45) is 5.92 Å². The first-order valence-corrected chi connectivity index (χ1v) is 14.8. The van der Waals surface area contributed by atoms with Crippen LogP contribution in [0.15, 0.2) is 29.2 Å². The minimum absolute atomic E-state index is 0.0653. The molecular formula is C23H41NO3SSi. The highest BCUT2D eigenvalue weighted by Gasteiger charge is 2.38. The van der Waals surface area contributed by atoms with E-state index < -0.39 is 18.3 Å². The Morgan fingerprint density at radius 3 is 1.90 bits per heavy atom. The minimum atomic E-state index is -3.62. The number of nitrogens with one attached hydrogen (secondary N) is 1. The summed E-state index contributed by atoms with van der Waals surface area (Å²) in [6.07, 6.45) is 3.87. The van der Waals surface area contributed by atoms with Crippen LogP contribution in [-0.4, -0.2) is 28.9 Å². The van der Waals surface area contributed by atoms with E-state index in [1.54, 1.807) is 0 Å². The quantitative estimate of drug-likeness (QED) is 0.406. The van der Waals surface area contributed by atoms with E-state index in [1.807, 2.05) is 65.8 Å². The van der Waals surface area contributed by atoms with Gasteiger partial charge in [-0.1, -0.05) is 64.5 Å². The van der Waals surface area contributed by atoms with Gasteiger partial charge in [0.15, 0.2) is 8.32 Å². The predicted octanol–water partition coefficient (Wildman–Crippen LogP) is 5.88. The van der Waals surface area contributed by atoms with Crippen LogP contribution in [0.3, 0.4) is 0 Å². The maximum atomic E-state index is 13.1. The van der Waals surface area contributed by atoms with Gasteiger partial charge < -0.3 is 4.43 Å². The lowest BCUT2D eigenvalue weighted by atomic mass is 10.0. The number of hydrogen-bond donors (Lipinski definition) is 1. The molecule has 0 bridgehead atoms. The SMILES string of the molecule is Cc1cc(C)c(S(=O)(=O)N[C@H](/C=C/[C@H](C)O[Si](C)(C)C(C)(C)C)C(C)C)c(C)c1. The summed E-state index contributed by atoms with van der Waals surface area (Å²) in [5, 5.41) is 0.134. The molecule has 0 saturated heterocycles. The van der Waals surface area contributed by atoms with E-state index in [0.29, 0.717) is 4.90 Å². The molecule has 0 aliphatic heterocycles. The normalized spacial score (nSPS) is 15.9. The first-order chi connectivity index (χ1) is 13.0. The lowest BCUT2D eigenvalue weighted by molar-refractivity contribution is 0.242. The van der Waals surface area contributed by atoms with E-state index >= 15 is 0 Å². The Hall–Kier alpha value is -0.953. The van der Waals surface area contributed by atoms with Gasteiger partial charge in [0.05, 0.1) is 11.0 Å². The third-order valence-corrected chi connectivity index (χ3v) is 12.1. The smallest absolute Gasteiger partial charge is 0.241 e. The molecule has 0 radical (unpaired) electrons. The van der Waals surface area contributed by atoms with Crippen LogP contribution in [0, 0.1) is 26.7 Å². The molecule has 4 nitrogen and oxygen atoms in total. The Balaban J connectivity index is 3.07. The Morgan fingerprint density at radius 2 is 1.48 bits per heavy atom. The van der Waals surface area contributed by atoms with Crippen LogP contribution < -0.4 is 4.72 Å². The van der Waals surface area contributed by atoms with Crippen molar-refractivity contribution >= 4 is 18.3 Å². The highest BCUT2D eigenvalue weighted by molar-refractivity contribution is 7.89. The van der Waals surface area contributed by atoms with Gasteiger partial charge in [0.25, 0.3) is 0 Å². The Kier molecular flexibility index (Phi) is 8.51. The van der Waals surface area contributed by atoms with Crippen molar-refractivity contribution in [3.8, 4) is 0 Å². The van der Waals surface area contributed by atoms with Gasteiger partial charge in [0.2, 0.25) is 10.0 Å². The highest BCUT2D eigenvalue weighted by atomic mass is 32.2. The van der Waals surface area contributed by atoms with Gasteiger partial charge in [0.1, 0.15) is 0 Å². The summed E-state index contributed by atoms with van der Waals surface area (Å²) in [7, 11) is -5.50. The zero-order valence-electron chi connectivity index (χ0n) is 20.2. The fourth-order valence-electron chi connectivity index (χ4n) is 3.18. The van der Waals surface area contributed by atoms with Gasteiger partial charge in [-0.2, -0.15) is 0 Å². The molecule has 0 fully saturated rings. The number of rotatable bonds is 8. The van der Waals surface area contributed by atoms with Crippen molar-refractivity contribution in [1.82, 2.24) is 4.72 Å². The van der Waals surface area contributed by atoms with Crippen LogP contribution in [0.5, 0.6) is 0 Å². The predicted molar refractivity (Wildman–Crippen MR) is 126 cm³/mol. The van der Waals surface area contributed by atoms with Gasteiger partial charge >= 0.3 is 0 Å². The second-order valence-electron chi connectivity index (χ2n) is 10.1. The molecule has 0 saturated carbocycles. The zero-order valence-corrected chi connectivity index (χ0v) is 22.0. The molecule has 1 N–H and O–H groups in total. The molecule has 1 aromatic carbocycles. The van der Waals surface area contributed by atoms with E-state index in [0.717, 1.165) is 16.7 Å². The van der Waals surface area contributed by atoms with E-state index in [4.69, 9.17) is 4.43 Å². The van der Waals surface area contributed by atoms with E-state index in [1.165, 1.54) is 0 Å². The van der Waals surface area contributed by atoms with E-state index in [9.17, 15) is 8.42 Å². The molecule has 0 spiro atoms. The number of sulfonamides is 1. The van der Waals surface area contributed by atoms with E-state index in [2.05, 4.69) is 38.6 Å². The number of aryl methyl sites for hydroxylation is 3. The standard InChI is InChI=1S/C23H41NO3SSi/c1-16(2)21(13-12-20(6)27-29(10,11)23(7,8)9)24-28(25,26)22-18(4)14-17(3)15-19(22)5/h12-16,20-21,24H,1-11H3/b13-12+/t20-,21+/m0/s1. The lowest BCUT2D eigenvalue weighted by Gasteiger charge is -2.38. The molecule has 29 heavy (non-hydrogen) atoms. The molecule has 1 aromatic rings. The fraction of sp³-hybridized carbons (Fsp3) is 0.652. The average molecular weight is 440 g/mol. The first kappa shape index (κ1) is 26.1. The van der Waals surface area contributed by atoms with Crippen molar-refractivity contribution in [3.05, 3.63) is 41.0 Å². The molecule has 0 amide bonds. The Morgan fingerprint density at radius 1 is 1.00 bits per heavy atom. The first-order valence-electron chi connectivity index (χ1n) is 10.4. The van der Waals surface area contributed by atoms with Crippen molar-refractivity contribution in [1.29, 1.82) is 0 Å². The number of hydrogen-bond acceptors (Lipinski definition) is 3. The molecule has 0 heterocycles. The molecule has 0 aromatic heterocycles. The lowest BCUT2D eigenvalue weighted by Crippen LogP contribution is -2.43. The van der Waals surface area contributed by atoms with Gasteiger partial charge in [-0.05, 0) is 62.9 Å². The largest absolute Gasteiger partial charge is 0.411 e. The van der Waals surface area contributed by atoms with Crippen molar-refractivity contribution in [2.45, 2.75) is 97.5 Å². The van der Waals surface area contributed by atoms with Crippen LogP contribution in [0.2, 0.25) is 18.1 Å². The minimum Gasteiger partial charge on any atom is -0.411 e. The zero-order chi connectivity index (χ0) is 22.8. The summed E-state index contributed by atoms with van der Waals surface area (Å²) >= 11 is 0. The summed E-state index contributed by atoms with van der Waals surface area (Å²) < 4.78 is 35.5. The molecule has 166 valence electrons. The van der Waals surface area contributed by atoms with Gasteiger partial charge in [-0.25, -0.2) is 13.1 Å². The van der Waals surface area contributed by atoms with Crippen LogP contribution in [0.25, 0.3) is 0 Å². The van der Waals surface area contributed by atoms with Crippen LogP contribution in [-0.2, 0) is 14.4 Å². The Bertz CT molecular complexity index is 813. The molecule has 0 aliphatic rings. The molecule has 0 aliphatic carbocycles. The van der Waals surface area contributed by atoms with Crippen molar-refractivity contribution < 1.29 is 12.8 Å². The highest BCUT2D eigenvalue weighted by Crippen LogP contribution is 2.37. The van der Waals surface area contributed by atoms with E-state index in [-0.39, 0.29) is 23.1 Å². The summed E-state index contributed by atoms with van der Waals surface area (Å²) in [4.78, 5) is 0.382. The summed E-state index contributed by atoms with van der Waals surface area (Å²) in [6.45, 7) is 22.8. The van der Waals surface area contributed by atoms with Crippen LogP contribution in [0.4, 0.5) is 0 Å². The second kappa shape index (κ2) is 9.46. The fourth-order valence-corrected chi connectivity index (χ4v) is 6.34. The van der Waals surface area contributed by atoms with Gasteiger partial charge in [-0.3, -0.25) is 0 Å². The monoisotopic (exact) mass is 439 g/mol. The van der Waals surface area contributed by atoms with Crippen molar-refractivity contribution in [3.63, 3.8) is 0 Å². The number of benzene rings is 1. The molecule has 2 atom stereocenters. The molecule has 0 unspecified atom stereocenters. The van der Waals surface area contributed by atoms with Crippen LogP contribution in [0.1, 0.15) is 58.2 Å². The molecule has 1 rings (SSSR count). The topological polar surface area (TPSA) is 55.4 Å². The maximum Gasteiger partial charge on any atom is 0.241 e. The summed E-state index contributed by atoms with van der Waals surface area (Å²) in [5.41, 5.74) is 2.61. The van der Waals surface area contributed by atoms with Gasteiger partial charge in [-0.15, -0.1) is 0 Å². The van der Waals surface area contributed by atoms with Gasteiger partial charge in [0, 0.05) is 6.04 Å². The Labute approximate surface area is 180 Å². The third-order valence-electron chi connectivity index (χ3n) is 5.76. The molecule has 6 heteroatoms. The van der Waals surface area contributed by atoms with Crippen LogP contribution >= 0.6 is 0 Å². The average Bonchev–Trinajstić information content (AvgIpc) is 2.47. The maximum absolute atomic E-state index is 13.1.